The van der Waals surface area contributed by atoms with E-state index in [0.29, 0.717) is 0 Å². The molecule has 0 bridgehead atoms. The van der Waals surface area contributed by atoms with Gasteiger partial charge in [0.15, 0.2) is 5.78 Å². The van der Waals surface area contributed by atoms with Gasteiger partial charge >= 0.3 is 0 Å². The zero-order valence-corrected chi connectivity index (χ0v) is 18.1. The minimum atomic E-state index is -0.918. The SMILES string of the molecule is COc1ccc2c(c1C)C=CC13C(=C(C)C(=O)[C@H]1[C@H](C)C(C)(C)O)CC[C@]23C. The van der Waals surface area contributed by atoms with E-state index in [1.807, 2.05) is 27.7 Å². The second-order valence-corrected chi connectivity index (χ2v) is 9.78. The van der Waals surface area contributed by atoms with Crippen molar-refractivity contribution in [3.05, 3.63) is 46.0 Å². The molecule has 0 saturated heterocycles. The highest BCUT2D eigenvalue weighted by molar-refractivity contribution is 6.03. The van der Waals surface area contributed by atoms with Crippen molar-refractivity contribution >= 4 is 11.9 Å². The standard InChI is InChI=1S/C25H32O3/c1-14-17-10-13-25-18(15(2)22(26)21(25)16(3)23(4,5)27)11-12-24(25,6)19(17)8-9-20(14)28-7/h8-10,13,16,21,27H,11-12H2,1-7H3/t16-,21+,24+,25?/m0/s1. The molecule has 1 spiro atoms. The van der Waals surface area contributed by atoms with E-state index >= 15 is 0 Å². The Balaban J connectivity index is 1.99. The minimum Gasteiger partial charge on any atom is -0.496 e. The van der Waals surface area contributed by atoms with Gasteiger partial charge in [0, 0.05) is 16.7 Å². The van der Waals surface area contributed by atoms with E-state index in [0.717, 1.165) is 29.7 Å². The van der Waals surface area contributed by atoms with Gasteiger partial charge in [0.05, 0.1) is 12.7 Å². The molecule has 1 aromatic carbocycles. The van der Waals surface area contributed by atoms with Crippen LogP contribution in [0.2, 0.25) is 0 Å². The van der Waals surface area contributed by atoms with Crippen molar-refractivity contribution in [1.29, 1.82) is 0 Å². The van der Waals surface area contributed by atoms with E-state index in [9.17, 15) is 9.90 Å². The summed E-state index contributed by atoms with van der Waals surface area (Å²) in [6.45, 7) is 12.1. The summed E-state index contributed by atoms with van der Waals surface area (Å²) >= 11 is 0. The van der Waals surface area contributed by atoms with Crippen LogP contribution in [0.3, 0.4) is 0 Å². The van der Waals surface area contributed by atoms with Crippen molar-refractivity contribution in [1.82, 2.24) is 0 Å². The highest BCUT2D eigenvalue weighted by Crippen LogP contribution is 2.70. The first-order valence-corrected chi connectivity index (χ1v) is 10.3. The average molecular weight is 381 g/mol. The monoisotopic (exact) mass is 380 g/mol. The fraction of sp³-hybridized carbons (Fsp3) is 0.560. The number of hydrogen-bond acceptors (Lipinski definition) is 3. The fourth-order valence-electron chi connectivity index (χ4n) is 6.35. The maximum Gasteiger partial charge on any atom is 0.163 e. The van der Waals surface area contributed by atoms with Crippen LogP contribution in [0.15, 0.2) is 29.4 Å². The van der Waals surface area contributed by atoms with Gasteiger partial charge < -0.3 is 9.84 Å². The minimum absolute atomic E-state index is 0.143. The molecule has 0 heterocycles. The molecule has 28 heavy (non-hydrogen) atoms. The van der Waals surface area contributed by atoms with Crippen LogP contribution < -0.4 is 4.74 Å². The molecule has 0 amide bonds. The van der Waals surface area contributed by atoms with Gasteiger partial charge in [-0.3, -0.25) is 4.79 Å². The Morgan fingerprint density at radius 2 is 1.96 bits per heavy atom. The van der Waals surface area contributed by atoms with Gasteiger partial charge in [-0.15, -0.1) is 0 Å². The third-order valence-electron chi connectivity index (χ3n) is 8.29. The Morgan fingerprint density at radius 1 is 1.29 bits per heavy atom. The maximum atomic E-state index is 13.5. The van der Waals surface area contributed by atoms with Gasteiger partial charge in [0.1, 0.15) is 5.75 Å². The van der Waals surface area contributed by atoms with Crippen LogP contribution in [0.25, 0.3) is 6.08 Å². The summed E-state index contributed by atoms with van der Waals surface area (Å²) in [7, 11) is 1.71. The molecule has 1 saturated carbocycles. The van der Waals surface area contributed by atoms with Gasteiger partial charge in [-0.1, -0.05) is 37.6 Å². The highest BCUT2D eigenvalue weighted by Gasteiger charge is 2.67. The molecular formula is C25H32O3. The van der Waals surface area contributed by atoms with Crippen LogP contribution in [-0.4, -0.2) is 23.6 Å². The van der Waals surface area contributed by atoms with E-state index in [1.54, 1.807) is 7.11 Å². The molecule has 150 valence electrons. The van der Waals surface area contributed by atoms with Crippen LogP contribution in [0.1, 0.15) is 64.2 Å². The molecule has 1 aromatic rings. The van der Waals surface area contributed by atoms with E-state index in [1.165, 1.54) is 16.7 Å². The Labute approximate surface area is 168 Å². The molecule has 1 unspecified atom stereocenters. The van der Waals surface area contributed by atoms with E-state index in [-0.39, 0.29) is 28.4 Å². The number of ketones is 1. The van der Waals surface area contributed by atoms with Crippen molar-refractivity contribution in [3.63, 3.8) is 0 Å². The van der Waals surface area contributed by atoms with Gasteiger partial charge in [-0.25, -0.2) is 0 Å². The normalized spacial score (nSPS) is 32.3. The number of carbonyl (C=O) groups is 1. The van der Waals surface area contributed by atoms with Gasteiger partial charge in [-0.05, 0) is 74.8 Å². The number of hydrogen-bond donors (Lipinski definition) is 1. The molecular weight excluding hydrogens is 348 g/mol. The van der Waals surface area contributed by atoms with Gasteiger partial charge in [-0.2, -0.15) is 0 Å². The molecule has 0 radical (unpaired) electrons. The quantitative estimate of drug-likeness (QED) is 0.803. The number of fused-ring (bicyclic) bond motifs is 2. The molecule has 4 rings (SSSR count). The van der Waals surface area contributed by atoms with Crippen molar-refractivity contribution in [2.24, 2.45) is 17.3 Å². The van der Waals surface area contributed by atoms with Gasteiger partial charge in [0.25, 0.3) is 0 Å². The van der Waals surface area contributed by atoms with Crippen LogP contribution in [0, 0.1) is 24.2 Å². The van der Waals surface area contributed by atoms with Crippen LogP contribution in [0.5, 0.6) is 5.75 Å². The Morgan fingerprint density at radius 3 is 2.57 bits per heavy atom. The van der Waals surface area contributed by atoms with E-state index in [2.05, 4.69) is 38.1 Å². The predicted octanol–water partition coefficient (Wildman–Crippen LogP) is 4.99. The topological polar surface area (TPSA) is 46.5 Å². The predicted molar refractivity (Wildman–Crippen MR) is 112 cm³/mol. The number of ether oxygens (including phenoxy) is 1. The van der Waals surface area contributed by atoms with Crippen molar-refractivity contribution in [2.45, 2.75) is 65.4 Å². The number of aliphatic hydroxyl groups is 1. The second-order valence-electron chi connectivity index (χ2n) is 9.78. The zero-order chi connectivity index (χ0) is 20.6. The lowest BCUT2D eigenvalue weighted by Gasteiger charge is -2.51. The Bertz CT molecular complexity index is 930. The first-order valence-electron chi connectivity index (χ1n) is 10.3. The van der Waals surface area contributed by atoms with Crippen LogP contribution >= 0.6 is 0 Å². The lowest BCUT2D eigenvalue weighted by atomic mass is 9.51. The largest absolute Gasteiger partial charge is 0.496 e. The second kappa shape index (κ2) is 5.82. The maximum absolute atomic E-state index is 13.5. The number of rotatable bonds is 3. The molecule has 0 aliphatic heterocycles. The van der Waals surface area contributed by atoms with E-state index < -0.39 is 5.60 Å². The van der Waals surface area contributed by atoms with Crippen LogP contribution in [0.4, 0.5) is 0 Å². The lowest BCUT2D eigenvalue weighted by molar-refractivity contribution is -0.128. The number of allylic oxidation sites excluding steroid dienone is 3. The summed E-state index contributed by atoms with van der Waals surface area (Å²) in [6, 6.07) is 4.26. The lowest BCUT2D eigenvalue weighted by Crippen LogP contribution is -2.51. The summed E-state index contributed by atoms with van der Waals surface area (Å²) in [5.41, 5.74) is 4.46. The number of Topliss-reactive ketones (excluding diaryl/α,β-unsaturated/α-hetero) is 1. The van der Waals surface area contributed by atoms with Crippen molar-refractivity contribution in [2.75, 3.05) is 7.11 Å². The number of benzene rings is 1. The fourth-order valence-corrected chi connectivity index (χ4v) is 6.35. The van der Waals surface area contributed by atoms with E-state index in [4.69, 9.17) is 4.74 Å². The molecule has 3 aliphatic rings. The summed E-state index contributed by atoms with van der Waals surface area (Å²) in [4.78, 5) is 13.5. The smallest absolute Gasteiger partial charge is 0.163 e. The Hall–Kier alpha value is -1.87. The zero-order valence-electron chi connectivity index (χ0n) is 18.1. The molecule has 3 aliphatic carbocycles. The molecule has 3 nitrogen and oxygen atoms in total. The number of carbonyl (C=O) groups excluding carboxylic acids is 1. The number of methoxy groups -OCH3 is 1. The summed E-state index contributed by atoms with van der Waals surface area (Å²) < 4.78 is 5.55. The van der Waals surface area contributed by atoms with Crippen molar-refractivity contribution in [3.8, 4) is 5.75 Å². The first-order chi connectivity index (χ1) is 13.0. The van der Waals surface area contributed by atoms with Gasteiger partial charge in [0.2, 0.25) is 0 Å². The summed E-state index contributed by atoms with van der Waals surface area (Å²) in [6.07, 6.45) is 6.46. The Kier molecular flexibility index (Phi) is 4.04. The summed E-state index contributed by atoms with van der Waals surface area (Å²) in [5, 5.41) is 10.8. The summed E-state index contributed by atoms with van der Waals surface area (Å²) in [5.74, 6) is 0.739. The highest BCUT2D eigenvalue weighted by atomic mass is 16.5. The molecule has 4 atom stereocenters. The molecule has 1 N–H and O–H groups in total. The molecule has 0 aromatic heterocycles. The third-order valence-corrected chi connectivity index (χ3v) is 8.29. The third kappa shape index (κ3) is 2.11. The first kappa shape index (κ1) is 19.4. The molecule has 3 heteroatoms. The van der Waals surface area contributed by atoms with Crippen molar-refractivity contribution < 1.29 is 14.6 Å². The molecule has 1 fully saturated rings. The average Bonchev–Trinajstić information content (AvgIpc) is 3.04. The van der Waals surface area contributed by atoms with Crippen LogP contribution in [-0.2, 0) is 10.2 Å².